The van der Waals surface area contributed by atoms with Crippen molar-refractivity contribution in [3.63, 3.8) is 0 Å². The zero-order valence-corrected chi connectivity index (χ0v) is 13.9. The molecule has 1 amide bonds. The van der Waals surface area contributed by atoms with Crippen LogP contribution >= 0.6 is 11.6 Å². The van der Waals surface area contributed by atoms with E-state index in [-0.39, 0.29) is 11.9 Å². The fourth-order valence-electron chi connectivity index (χ4n) is 4.08. The van der Waals surface area contributed by atoms with E-state index >= 15 is 0 Å². The van der Waals surface area contributed by atoms with Crippen LogP contribution in [0.15, 0.2) is 37.2 Å². The zero-order chi connectivity index (χ0) is 16.7. The number of rotatable bonds is 2. The van der Waals surface area contributed by atoms with Crippen LogP contribution in [-0.4, -0.2) is 49.6 Å². The maximum Gasteiger partial charge on any atom is 0.255 e. The molecule has 2 aromatic rings. The lowest BCUT2D eigenvalue weighted by atomic mass is 9.77. The Bertz CT molecular complexity index is 736. The minimum atomic E-state index is -0.403. The molecule has 0 bridgehead atoms. The van der Waals surface area contributed by atoms with Crippen molar-refractivity contribution in [3.05, 3.63) is 47.8 Å². The molecule has 0 aromatic carbocycles. The highest BCUT2D eigenvalue weighted by Crippen LogP contribution is 2.41. The predicted molar refractivity (Wildman–Crippen MR) is 88.6 cm³/mol. The maximum atomic E-state index is 12.7. The van der Waals surface area contributed by atoms with Crippen molar-refractivity contribution in [1.29, 1.82) is 0 Å². The number of carbonyl (C=O) groups is 1. The van der Waals surface area contributed by atoms with Gasteiger partial charge in [-0.25, -0.2) is 4.98 Å². The summed E-state index contributed by atoms with van der Waals surface area (Å²) in [4.78, 5) is 22.6. The number of amides is 1. The number of nitrogens with zero attached hydrogens (tertiary/aromatic N) is 4. The Morgan fingerprint density at radius 2 is 2.00 bits per heavy atom. The number of fused-ring (bicyclic) bond motifs is 1. The van der Waals surface area contributed by atoms with Crippen molar-refractivity contribution in [2.24, 2.45) is 11.8 Å². The Labute approximate surface area is 145 Å². The molecular weight excluding hydrogens is 328 g/mol. The zero-order valence-electron chi connectivity index (χ0n) is 13.1. The van der Waals surface area contributed by atoms with Crippen LogP contribution in [0.4, 0.5) is 0 Å². The van der Waals surface area contributed by atoms with E-state index in [0.717, 1.165) is 6.42 Å². The Hall–Kier alpha value is -1.92. The predicted octanol–water partition coefficient (Wildman–Crippen LogP) is 2.02. The van der Waals surface area contributed by atoms with Crippen LogP contribution in [0, 0.1) is 11.8 Å². The van der Waals surface area contributed by atoms with Crippen LogP contribution in [-0.2, 0) is 0 Å². The van der Waals surface area contributed by atoms with Gasteiger partial charge in [0, 0.05) is 37.9 Å². The van der Waals surface area contributed by atoms with Crippen LogP contribution in [0.2, 0.25) is 5.02 Å². The third-order valence-corrected chi connectivity index (χ3v) is 5.61. The number of likely N-dealkylation sites (tertiary alicyclic amines) is 1. The Kier molecular flexibility index (Phi) is 4.02. The van der Waals surface area contributed by atoms with E-state index in [0.29, 0.717) is 41.9 Å². The smallest absolute Gasteiger partial charge is 0.255 e. The van der Waals surface area contributed by atoms with E-state index in [9.17, 15) is 9.90 Å². The van der Waals surface area contributed by atoms with Crippen LogP contribution in [0.1, 0.15) is 29.2 Å². The first-order chi connectivity index (χ1) is 11.6. The molecule has 1 saturated carbocycles. The molecule has 1 aliphatic heterocycles. The number of aliphatic hydroxyl groups excluding tert-OH is 1. The van der Waals surface area contributed by atoms with Gasteiger partial charge in [0.05, 0.1) is 29.1 Å². The Balaban J connectivity index is 1.50. The Morgan fingerprint density at radius 3 is 2.71 bits per heavy atom. The van der Waals surface area contributed by atoms with E-state index in [1.165, 1.54) is 6.20 Å². The summed E-state index contributed by atoms with van der Waals surface area (Å²) in [5.74, 6) is 0.681. The first-order valence-corrected chi connectivity index (χ1v) is 8.55. The second-order valence-electron chi connectivity index (χ2n) is 6.70. The van der Waals surface area contributed by atoms with Crippen molar-refractivity contribution >= 4 is 17.5 Å². The molecule has 2 fully saturated rings. The number of imidazole rings is 1. The lowest BCUT2D eigenvalue weighted by Crippen LogP contribution is -2.35. The summed E-state index contributed by atoms with van der Waals surface area (Å²) in [5.41, 5.74) is 0.497. The van der Waals surface area contributed by atoms with Gasteiger partial charge in [0.15, 0.2) is 0 Å². The van der Waals surface area contributed by atoms with Crippen LogP contribution in [0.25, 0.3) is 0 Å². The van der Waals surface area contributed by atoms with Gasteiger partial charge < -0.3 is 14.6 Å². The van der Waals surface area contributed by atoms with Crippen molar-refractivity contribution in [3.8, 4) is 0 Å². The molecule has 4 atom stereocenters. The van der Waals surface area contributed by atoms with E-state index in [4.69, 9.17) is 11.6 Å². The first-order valence-electron chi connectivity index (χ1n) is 8.17. The number of hydrogen-bond acceptors (Lipinski definition) is 4. The van der Waals surface area contributed by atoms with Crippen molar-refractivity contribution < 1.29 is 9.90 Å². The minimum Gasteiger partial charge on any atom is -0.391 e. The number of halogens is 1. The molecule has 0 spiro atoms. The van der Waals surface area contributed by atoms with Gasteiger partial charge in [0.1, 0.15) is 0 Å². The average molecular weight is 347 g/mol. The monoisotopic (exact) mass is 346 g/mol. The summed E-state index contributed by atoms with van der Waals surface area (Å²) in [5, 5.41) is 10.9. The second kappa shape index (κ2) is 6.18. The molecule has 4 rings (SSSR count). The molecule has 3 heterocycles. The average Bonchev–Trinajstić information content (AvgIpc) is 3.23. The van der Waals surface area contributed by atoms with Gasteiger partial charge in [-0.2, -0.15) is 0 Å². The number of aliphatic hydroxyl groups is 1. The molecule has 7 heteroatoms. The Morgan fingerprint density at radius 1 is 1.21 bits per heavy atom. The van der Waals surface area contributed by atoms with Gasteiger partial charge in [-0.15, -0.1) is 0 Å². The number of hydrogen-bond donors (Lipinski definition) is 1. The third-order valence-electron chi connectivity index (χ3n) is 5.31. The fraction of sp³-hybridized carbons (Fsp3) is 0.471. The highest BCUT2D eigenvalue weighted by atomic mass is 35.5. The largest absolute Gasteiger partial charge is 0.391 e. The summed E-state index contributed by atoms with van der Waals surface area (Å²) in [6.07, 6.45) is 9.62. The van der Waals surface area contributed by atoms with E-state index in [2.05, 4.69) is 9.97 Å². The lowest BCUT2D eigenvalue weighted by Gasteiger charge is -2.35. The SMILES string of the molecule is O=C(c1ccncc1Cl)N1C[C@H]2C[C@@H](n3ccnc3)[C@H](O)C[C@H]2C1. The van der Waals surface area contributed by atoms with Crippen molar-refractivity contribution in [1.82, 2.24) is 19.4 Å². The summed E-state index contributed by atoms with van der Waals surface area (Å²) >= 11 is 6.10. The molecule has 126 valence electrons. The van der Waals surface area contributed by atoms with Gasteiger partial charge in [-0.3, -0.25) is 9.78 Å². The maximum absolute atomic E-state index is 12.7. The van der Waals surface area contributed by atoms with E-state index < -0.39 is 6.10 Å². The minimum absolute atomic E-state index is 0.0355. The van der Waals surface area contributed by atoms with Crippen LogP contribution in [0.3, 0.4) is 0 Å². The summed E-state index contributed by atoms with van der Waals surface area (Å²) in [7, 11) is 0. The molecule has 2 aliphatic rings. The molecule has 1 saturated heterocycles. The highest BCUT2D eigenvalue weighted by Gasteiger charge is 2.43. The molecule has 1 N–H and O–H groups in total. The number of aromatic nitrogens is 3. The highest BCUT2D eigenvalue weighted by molar-refractivity contribution is 6.33. The van der Waals surface area contributed by atoms with Crippen molar-refractivity contribution in [2.75, 3.05) is 13.1 Å². The molecule has 0 radical (unpaired) electrons. The normalized spacial score (nSPS) is 29.5. The quantitative estimate of drug-likeness (QED) is 0.903. The summed E-state index contributed by atoms with van der Waals surface area (Å²) in [6, 6.07) is 1.70. The molecule has 2 aromatic heterocycles. The number of pyridine rings is 1. The van der Waals surface area contributed by atoms with Gasteiger partial charge in [0.2, 0.25) is 0 Å². The number of carbonyl (C=O) groups excluding carboxylic acids is 1. The molecule has 6 nitrogen and oxygen atoms in total. The summed E-state index contributed by atoms with van der Waals surface area (Å²) < 4.78 is 1.98. The topological polar surface area (TPSA) is 71.2 Å². The van der Waals surface area contributed by atoms with E-state index in [1.54, 1.807) is 24.8 Å². The van der Waals surface area contributed by atoms with Gasteiger partial charge in [-0.1, -0.05) is 11.6 Å². The van der Waals surface area contributed by atoms with Gasteiger partial charge in [-0.05, 0) is 30.7 Å². The van der Waals surface area contributed by atoms with Crippen LogP contribution in [0.5, 0.6) is 0 Å². The third kappa shape index (κ3) is 2.70. The van der Waals surface area contributed by atoms with Crippen LogP contribution < -0.4 is 0 Å². The lowest BCUT2D eigenvalue weighted by molar-refractivity contribution is 0.0357. The summed E-state index contributed by atoms with van der Waals surface area (Å²) in [6.45, 7) is 1.38. The molecular formula is C17H19ClN4O2. The van der Waals surface area contributed by atoms with E-state index in [1.807, 2.05) is 15.7 Å². The van der Waals surface area contributed by atoms with Crippen molar-refractivity contribution in [2.45, 2.75) is 25.0 Å². The molecule has 0 unspecified atom stereocenters. The fourth-order valence-corrected chi connectivity index (χ4v) is 4.28. The van der Waals surface area contributed by atoms with Gasteiger partial charge in [0.25, 0.3) is 5.91 Å². The first kappa shape index (κ1) is 15.6. The second-order valence-corrected chi connectivity index (χ2v) is 7.11. The standard InChI is InChI=1S/C17H19ClN4O2/c18-14-7-19-2-1-13(14)17(24)22-8-11-5-15(21-4-3-20-10-21)16(23)6-12(11)9-22/h1-4,7,10-12,15-16,23H,5-6,8-9H2/t11-,12+,15-,16-/m1/s1. The molecule has 1 aliphatic carbocycles. The molecule has 24 heavy (non-hydrogen) atoms. The van der Waals surface area contributed by atoms with Gasteiger partial charge >= 0.3 is 0 Å².